The average molecular weight is 248 g/mol. The number of likely N-dealkylation sites (N-methyl/N-ethyl adjacent to an activating group) is 1. The van der Waals surface area contributed by atoms with E-state index < -0.39 is 0 Å². The fraction of sp³-hybridized carbons (Fsp3) is 0.533. The molecule has 0 aliphatic carbocycles. The summed E-state index contributed by atoms with van der Waals surface area (Å²) in [5, 5.41) is 0. The first kappa shape index (κ1) is 14.7. The zero-order valence-corrected chi connectivity index (χ0v) is 11.5. The molecule has 0 radical (unpaired) electrons. The molecule has 1 aromatic rings. The maximum Gasteiger partial charge on any atom is 0.226 e. The third kappa shape index (κ3) is 4.88. The number of carbonyl (C=O) groups is 1. The van der Waals surface area contributed by atoms with E-state index in [-0.39, 0.29) is 5.91 Å². The highest BCUT2D eigenvalue weighted by molar-refractivity contribution is 5.78. The Bertz CT molecular complexity index is 359. The zero-order valence-electron chi connectivity index (χ0n) is 11.5. The van der Waals surface area contributed by atoms with Crippen molar-refractivity contribution in [2.45, 2.75) is 39.2 Å². The molecule has 3 nitrogen and oxygen atoms in total. The Hall–Kier alpha value is -1.35. The van der Waals surface area contributed by atoms with Crippen LogP contribution in [0.2, 0.25) is 0 Å². The number of nitrogens with zero attached hydrogens (tertiary/aromatic N) is 1. The van der Waals surface area contributed by atoms with E-state index in [0.29, 0.717) is 13.0 Å². The van der Waals surface area contributed by atoms with E-state index in [1.807, 2.05) is 36.2 Å². The minimum atomic E-state index is 0.187. The zero-order chi connectivity index (χ0) is 13.4. The third-order valence-corrected chi connectivity index (χ3v) is 3.14. The van der Waals surface area contributed by atoms with Gasteiger partial charge in [0.05, 0.1) is 6.42 Å². The second-order valence-corrected chi connectivity index (χ2v) is 4.72. The highest BCUT2D eigenvalue weighted by atomic mass is 16.2. The number of hydrogen-bond donors (Lipinski definition) is 1. The minimum absolute atomic E-state index is 0.187. The van der Waals surface area contributed by atoms with E-state index >= 15 is 0 Å². The molecule has 3 heteroatoms. The van der Waals surface area contributed by atoms with Crippen molar-refractivity contribution in [1.29, 1.82) is 0 Å². The summed E-state index contributed by atoms with van der Waals surface area (Å²) in [6, 6.07) is 7.94. The molecule has 0 aliphatic heterocycles. The van der Waals surface area contributed by atoms with Gasteiger partial charge >= 0.3 is 0 Å². The molecule has 0 fully saturated rings. The molecule has 0 aliphatic rings. The number of unbranched alkanes of at least 4 members (excludes halogenated alkanes) is 2. The number of rotatable bonds is 7. The normalized spacial score (nSPS) is 10.4. The van der Waals surface area contributed by atoms with Gasteiger partial charge in [-0.05, 0) is 17.5 Å². The fourth-order valence-corrected chi connectivity index (χ4v) is 1.83. The van der Waals surface area contributed by atoms with Gasteiger partial charge in [0.1, 0.15) is 0 Å². The van der Waals surface area contributed by atoms with Gasteiger partial charge in [-0.25, -0.2) is 0 Å². The van der Waals surface area contributed by atoms with Crippen LogP contribution in [0.4, 0.5) is 0 Å². The molecule has 1 rings (SSSR count). The van der Waals surface area contributed by atoms with Crippen molar-refractivity contribution in [3.8, 4) is 0 Å². The largest absolute Gasteiger partial charge is 0.345 e. The lowest BCUT2D eigenvalue weighted by molar-refractivity contribution is -0.129. The molecule has 0 aromatic heterocycles. The Morgan fingerprint density at radius 3 is 2.33 bits per heavy atom. The summed E-state index contributed by atoms with van der Waals surface area (Å²) in [4.78, 5) is 13.8. The second-order valence-electron chi connectivity index (χ2n) is 4.72. The van der Waals surface area contributed by atoms with E-state index in [9.17, 15) is 4.79 Å². The van der Waals surface area contributed by atoms with Gasteiger partial charge in [-0.2, -0.15) is 0 Å². The van der Waals surface area contributed by atoms with Gasteiger partial charge in [-0.1, -0.05) is 44.0 Å². The maximum atomic E-state index is 12.0. The van der Waals surface area contributed by atoms with Gasteiger partial charge in [0, 0.05) is 20.1 Å². The monoisotopic (exact) mass is 248 g/mol. The van der Waals surface area contributed by atoms with Gasteiger partial charge in [-0.3, -0.25) is 4.79 Å². The van der Waals surface area contributed by atoms with Crippen molar-refractivity contribution >= 4 is 5.91 Å². The highest BCUT2D eigenvalue weighted by Crippen LogP contribution is 2.06. The molecular formula is C15H24N2O. The quantitative estimate of drug-likeness (QED) is 0.753. The molecule has 100 valence electrons. The first-order valence-electron chi connectivity index (χ1n) is 6.69. The van der Waals surface area contributed by atoms with E-state index in [2.05, 4.69) is 6.92 Å². The minimum Gasteiger partial charge on any atom is -0.345 e. The van der Waals surface area contributed by atoms with E-state index in [1.54, 1.807) is 0 Å². The lowest BCUT2D eigenvalue weighted by Gasteiger charge is -2.17. The Morgan fingerprint density at radius 1 is 1.17 bits per heavy atom. The number of hydrogen-bond acceptors (Lipinski definition) is 2. The predicted molar refractivity (Wildman–Crippen MR) is 75.2 cm³/mol. The Balaban J connectivity index is 2.42. The van der Waals surface area contributed by atoms with Crippen molar-refractivity contribution in [3.63, 3.8) is 0 Å². The molecule has 1 amide bonds. The Kier molecular flexibility index (Phi) is 6.44. The molecule has 0 spiro atoms. The molecule has 2 N–H and O–H groups in total. The molecule has 0 heterocycles. The Morgan fingerprint density at radius 2 is 1.78 bits per heavy atom. The molecular weight excluding hydrogens is 224 g/mol. The average Bonchev–Trinajstić information content (AvgIpc) is 2.39. The summed E-state index contributed by atoms with van der Waals surface area (Å²) in [6.07, 6.45) is 3.93. The summed E-state index contributed by atoms with van der Waals surface area (Å²) in [7, 11) is 1.88. The summed E-state index contributed by atoms with van der Waals surface area (Å²) in [6.45, 7) is 3.57. The van der Waals surface area contributed by atoms with Crippen LogP contribution in [-0.2, 0) is 17.8 Å². The van der Waals surface area contributed by atoms with E-state index in [4.69, 9.17) is 5.73 Å². The van der Waals surface area contributed by atoms with Gasteiger partial charge in [0.2, 0.25) is 5.91 Å². The number of benzene rings is 1. The summed E-state index contributed by atoms with van der Waals surface area (Å²) in [5.74, 6) is 0.187. The van der Waals surface area contributed by atoms with Crippen molar-refractivity contribution < 1.29 is 4.79 Å². The van der Waals surface area contributed by atoms with Crippen LogP contribution in [0.5, 0.6) is 0 Å². The molecule has 0 saturated heterocycles. The molecule has 0 atom stereocenters. The standard InChI is InChI=1S/C15H24N2O/c1-3-4-5-10-17(2)15(18)11-13-6-8-14(12-16)9-7-13/h6-9H,3-5,10-12,16H2,1-2H3. The van der Waals surface area contributed by atoms with Gasteiger partial charge in [0.25, 0.3) is 0 Å². The van der Waals surface area contributed by atoms with Crippen LogP contribution in [0.1, 0.15) is 37.3 Å². The van der Waals surface area contributed by atoms with Crippen LogP contribution in [-0.4, -0.2) is 24.4 Å². The molecule has 0 saturated carbocycles. The predicted octanol–water partition coefficient (Wildman–Crippen LogP) is 2.34. The topological polar surface area (TPSA) is 46.3 Å². The first-order chi connectivity index (χ1) is 8.67. The molecule has 0 unspecified atom stereocenters. The van der Waals surface area contributed by atoms with Crippen LogP contribution in [0.25, 0.3) is 0 Å². The molecule has 1 aromatic carbocycles. The van der Waals surface area contributed by atoms with Crippen LogP contribution < -0.4 is 5.73 Å². The first-order valence-corrected chi connectivity index (χ1v) is 6.69. The number of amides is 1. The second kappa shape index (κ2) is 7.88. The highest BCUT2D eigenvalue weighted by Gasteiger charge is 2.08. The van der Waals surface area contributed by atoms with Crippen LogP contribution in [0.3, 0.4) is 0 Å². The lowest BCUT2D eigenvalue weighted by Crippen LogP contribution is -2.29. The Labute approximate surface area is 110 Å². The van der Waals surface area contributed by atoms with Crippen LogP contribution in [0, 0.1) is 0 Å². The van der Waals surface area contributed by atoms with E-state index in [1.165, 1.54) is 12.8 Å². The van der Waals surface area contributed by atoms with Crippen LogP contribution >= 0.6 is 0 Å². The molecule has 18 heavy (non-hydrogen) atoms. The maximum absolute atomic E-state index is 12.0. The number of carbonyl (C=O) groups excluding carboxylic acids is 1. The summed E-state index contributed by atoms with van der Waals surface area (Å²) >= 11 is 0. The van der Waals surface area contributed by atoms with Gasteiger partial charge in [-0.15, -0.1) is 0 Å². The van der Waals surface area contributed by atoms with Crippen LogP contribution in [0.15, 0.2) is 24.3 Å². The third-order valence-electron chi connectivity index (χ3n) is 3.14. The number of nitrogens with two attached hydrogens (primary N) is 1. The SMILES string of the molecule is CCCCCN(C)C(=O)Cc1ccc(CN)cc1. The van der Waals surface area contributed by atoms with Crippen molar-refractivity contribution in [2.75, 3.05) is 13.6 Å². The fourth-order valence-electron chi connectivity index (χ4n) is 1.83. The van der Waals surface area contributed by atoms with Crippen molar-refractivity contribution in [1.82, 2.24) is 4.90 Å². The van der Waals surface area contributed by atoms with Gasteiger partial charge < -0.3 is 10.6 Å². The summed E-state index contributed by atoms with van der Waals surface area (Å²) in [5.41, 5.74) is 7.70. The smallest absolute Gasteiger partial charge is 0.226 e. The summed E-state index contributed by atoms with van der Waals surface area (Å²) < 4.78 is 0. The molecule has 0 bridgehead atoms. The van der Waals surface area contributed by atoms with E-state index in [0.717, 1.165) is 24.1 Å². The lowest BCUT2D eigenvalue weighted by atomic mass is 10.1. The van der Waals surface area contributed by atoms with Gasteiger partial charge in [0.15, 0.2) is 0 Å². The van der Waals surface area contributed by atoms with Crippen molar-refractivity contribution in [2.24, 2.45) is 5.73 Å². The van der Waals surface area contributed by atoms with Crippen molar-refractivity contribution in [3.05, 3.63) is 35.4 Å².